The highest BCUT2D eigenvalue weighted by atomic mass is 14.9. The van der Waals surface area contributed by atoms with Gasteiger partial charge >= 0.3 is 0 Å². The monoisotopic (exact) mass is 560 g/mol. The molecule has 0 saturated heterocycles. The number of nitrogens with zero attached hydrogens (tertiary/aromatic N) is 2. The molecule has 0 unspecified atom stereocenters. The molecule has 0 aliphatic carbocycles. The summed E-state index contributed by atoms with van der Waals surface area (Å²) in [5.41, 5.74) is 9.97. The Bertz CT molecular complexity index is 2240. The molecule has 0 fully saturated rings. The molecule has 0 spiro atoms. The smallest absolute Gasteiger partial charge is 0.159 e. The van der Waals surface area contributed by atoms with Crippen LogP contribution in [0.5, 0.6) is 0 Å². The number of fused-ring (bicyclic) bond motifs is 2. The molecule has 1 aromatic heterocycles. The molecule has 8 rings (SSSR count). The fraction of sp³-hybridized carbons (Fsp3) is 0. The molecule has 0 aliphatic rings. The minimum atomic E-state index is 0.719. The zero-order chi connectivity index (χ0) is 29.3. The first-order chi connectivity index (χ1) is 21.8. The summed E-state index contributed by atoms with van der Waals surface area (Å²) >= 11 is 0. The molecule has 206 valence electrons. The first kappa shape index (κ1) is 25.8. The number of hydrogen-bond donors (Lipinski definition) is 0. The lowest BCUT2D eigenvalue weighted by atomic mass is 9.84. The SMILES string of the molecule is c1ccc(-c2ncc(-c3ccc4c(-c5ccccc5)c5ccccc5c(-c5ccccc5)c4c3)c(-c3ccccc3)n2)cc1. The molecule has 0 amide bonds. The second kappa shape index (κ2) is 11.1. The Balaban J connectivity index is 1.45. The van der Waals surface area contributed by atoms with Crippen LogP contribution < -0.4 is 0 Å². The van der Waals surface area contributed by atoms with Crippen LogP contribution in [-0.2, 0) is 0 Å². The molecule has 8 aromatic rings. The Morgan fingerprint density at radius 3 is 1.36 bits per heavy atom. The normalized spacial score (nSPS) is 11.2. The quantitative estimate of drug-likeness (QED) is 0.196. The Morgan fingerprint density at radius 2 is 0.795 bits per heavy atom. The Kier molecular flexibility index (Phi) is 6.51. The van der Waals surface area contributed by atoms with Gasteiger partial charge in [-0.2, -0.15) is 0 Å². The number of rotatable bonds is 5. The van der Waals surface area contributed by atoms with Gasteiger partial charge in [0.2, 0.25) is 0 Å². The highest BCUT2D eigenvalue weighted by Crippen LogP contribution is 2.45. The van der Waals surface area contributed by atoms with Gasteiger partial charge in [-0.3, -0.25) is 0 Å². The predicted molar refractivity (Wildman–Crippen MR) is 184 cm³/mol. The summed E-state index contributed by atoms with van der Waals surface area (Å²) in [5, 5.41) is 4.91. The highest BCUT2D eigenvalue weighted by Gasteiger charge is 2.19. The van der Waals surface area contributed by atoms with Gasteiger partial charge in [0.25, 0.3) is 0 Å². The van der Waals surface area contributed by atoms with Gasteiger partial charge < -0.3 is 0 Å². The van der Waals surface area contributed by atoms with Gasteiger partial charge in [-0.1, -0.05) is 158 Å². The van der Waals surface area contributed by atoms with Crippen molar-refractivity contribution in [3.8, 4) is 56.0 Å². The second-order valence-electron chi connectivity index (χ2n) is 11.0. The van der Waals surface area contributed by atoms with E-state index in [4.69, 9.17) is 9.97 Å². The van der Waals surface area contributed by atoms with E-state index in [0.717, 1.165) is 33.8 Å². The van der Waals surface area contributed by atoms with Crippen molar-refractivity contribution in [3.63, 3.8) is 0 Å². The summed E-state index contributed by atoms with van der Waals surface area (Å²) in [6.07, 6.45) is 1.99. The molecule has 1 heterocycles. The Morgan fingerprint density at radius 1 is 0.341 bits per heavy atom. The van der Waals surface area contributed by atoms with Gasteiger partial charge in [-0.15, -0.1) is 0 Å². The van der Waals surface area contributed by atoms with Gasteiger partial charge in [-0.25, -0.2) is 9.97 Å². The van der Waals surface area contributed by atoms with Gasteiger partial charge in [0.1, 0.15) is 0 Å². The summed E-state index contributed by atoms with van der Waals surface area (Å²) < 4.78 is 0. The molecule has 7 aromatic carbocycles. The Labute approximate surface area is 257 Å². The maximum Gasteiger partial charge on any atom is 0.159 e. The van der Waals surface area contributed by atoms with E-state index in [2.05, 4.69) is 140 Å². The lowest BCUT2D eigenvalue weighted by molar-refractivity contribution is 1.18. The van der Waals surface area contributed by atoms with Crippen LogP contribution >= 0.6 is 0 Å². The van der Waals surface area contributed by atoms with Crippen molar-refractivity contribution >= 4 is 21.5 Å². The van der Waals surface area contributed by atoms with Crippen LogP contribution in [0.15, 0.2) is 170 Å². The van der Waals surface area contributed by atoms with Crippen molar-refractivity contribution in [3.05, 3.63) is 170 Å². The zero-order valence-corrected chi connectivity index (χ0v) is 24.1. The van der Waals surface area contributed by atoms with Crippen LogP contribution in [0.1, 0.15) is 0 Å². The van der Waals surface area contributed by atoms with Crippen molar-refractivity contribution in [2.24, 2.45) is 0 Å². The third kappa shape index (κ3) is 4.54. The molecule has 2 nitrogen and oxygen atoms in total. The van der Waals surface area contributed by atoms with E-state index in [1.165, 1.54) is 43.8 Å². The van der Waals surface area contributed by atoms with Crippen molar-refractivity contribution in [2.45, 2.75) is 0 Å². The molecular weight excluding hydrogens is 532 g/mol. The standard InChI is InChI=1S/C42H28N2/c1-5-15-29(16-6-1)39-34-23-13-14-24-35(34)40(30-17-7-2-8-18-30)37-27-33(25-26-36(37)39)38-28-43-42(32-21-11-4-12-22-32)44-41(38)31-19-9-3-10-20-31/h1-28H. The fourth-order valence-corrected chi connectivity index (χ4v) is 6.31. The van der Waals surface area contributed by atoms with Crippen LogP contribution in [-0.4, -0.2) is 9.97 Å². The van der Waals surface area contributed by atoms with Gasteiger partial charge in [-0.05, 0) is 55.4 Å². The van der Waals surface area contributed by atoms with Gasteiger partial charge in [0.05, 0.1) is 5.69 Å². The molecule has 0 saturated carbocycles. The van der Waals surface area contributed by atoms with Crippen LogP contribution in [0.2, 0.25) is 0 Å². The van der Waals surface area contributed by atoms with E-state index in [-0.39, 0.29) is 0 Å². The average Bonchev–Trinajstić information content (AvgIpc) is 3.11. The van der Waals surface area contributed by atoms with E-state index < -0.39 is 0 Å². The number of hydrogen-bond acceptors (Lipinski definition) is 2. The first-order valence-electron chi connectivity index (χ1n) is 14.9. The molecule has 0 atom stereocenters. The van der Waals surface area contributed by atoms with E-state index >= 15 is 0 Å². The minimum Gasteiger partial charge on any atom is -0.236 e. The minimum absolute atomic E-state index is 0.719. The molecule has 0 N–H and O–H groups in total. The van der Waals surface area contributed by atoms with Crippen LogP contribution in [0.3, 0.4) is 0 Å². The molecular formula is C42H28N2. The first-order valence-corrected chi connectivity index (χ1v) is 14.9. The summed E-state index contributed by atoms with van der Waals surface area (Å²) in [7, 11) is 0. The third-order valence-electron chi connectivity index (χ3n) is 8.33. The Hall–Kier alpha value is -5.86. The van der Waals surface area contributed by atoms with Crippen LogP contribution in [0, 0.1) is 0 Å². The lowest BCUT2D eigenvalue weighted by Gasteiger charge is -2.19. The number of benzene rings is 7. The van der Waals surface area contributed by atoms with Crippen LogP contribution in [0.25, 0.3) is 77.6 Å². The zero-order valence-electron chi connectivity index (χ0n) is 24.1. The van der Waals surface area contributed by atoms with Crippen molar-refractivity contribution in [1.82, 2.24) is 9.97 Å². The average molecular weight is 561 g/mol. The summed E-state index contributed by atoms with van der Waals surface area (Å²) in [6.45, 7) is 0. The molecule has 0 aliphatic heterocycles. The summed E-state index contributed by atoms with van der Waals surface area (Å²) in [6, 6.07) is 57.7. The second-order valence-corrected chi connectivity index (χ2v) is 11.0. The molecule has 0 radical (unpaired) electrons. The summed E-state index contributed by atoms with van der Waals surface area (Å²) in [4.78, 5) is 10.0. The largest absolute Gasteiger partial charge is 0.236 e. The van der Waals surface area contributed by atoms with E-state index in [1.54, 1.807) is 0 Å². The van der Waals surface area contributed by atoms with E-state index in [9.17, 15) is 0 Å². The van der Waals surface area contributed by atoms with Gasteiger partial charge in [0.15, 0.2) is 5.82 Å². The third-order valence-corrected chi connectivity index (χ3v) is 8.33. The molecule has 44 heavy (non-hydrogen) atoms. The van der Waals surface area contributed by atoms with Crippen LogP contribution in [0.4, 0.5) is 0 Å². The molecule has 0 bridgehead atoms. The lowest BCUT2D eigenvalue weighted by Crippen LogP contribution is -1.96. The molecule has 2 heteroatoms. The predicted octanol–water partition coefficient (Wildman–Crippen LogP) is 11.1. The van der Waals surface area contributed by atoms with E-state index in [1.807, 2.05) is 30.5 Å². The maximum atomic E-state index is 5.15. The summed E-state index contributed by atoms with van der Waals surface area (Å²) in [5.74, 6) is 0.719. The number of aromatic nitrogens is 2. The van der Waals surface area contributed by atoms with Crippen molar-refractivity contribution < 1.29 is 0 Å². The fourth-order valence-electron chi connectivity index (χ4n) is 6.31. The highest BCUT2D eigenvalue weighted by molar-refractivity contribution is 6.22. The van der Waals surface area contributed by atoms with Crippen molar-refractivity contribution in [1.29, 1.82) is 0 Å². The topological polar surface area (TPSA) is 25.8 Å². The van der Waals surface area contributed by atoms with Gasteiger partial charge in [0, 0.05) is 22.9 Å². The maximum absolute atomic E-state index is 5.15. The van der Waals surface area contributed by atoms with Crippen molar-refractivity contribution in [2.75, 3.05) is 0 Å². The van der Waals surface area contributed by atoms with E-state index in [0.29, 0.717) is 0 Å².